The van der Waals surface area contributed by atoms with Crippen molar-refractivity contribution >= 4 is 23.2 Å². The highest BCUT2D eigenvalue weighted by atomic mass is 32.1. The first kappa shape index (κ1) is 20.3. The summed E-state index contributed by atoms with van der Waals surface area (Å²) in [6.07, 6.45) is 4.37. The number of carbonyl (C=O) groups excluding carboxylic acids is 2. The fourth-order valence-corrected chi connectivity index (χ4v) is 4.56. The van der Waals surface area contributed by atoms with Crippen LogP contribution in [0, 0.1) is 5.92 Å². The van der Waals surface area contributed by atoms with Crippen LogP contribution in [0.2, 0.25) is 0 Å². The molecule has 0 spiro atoms. The van der Waals surface area contributed by atoms with E-state index in [2.05, 4.69) is 40.7 Å². The van der Waals surface area contributed by atoms with Gasteiger partial charge in [0, 0.05) is 44.0 Å². The summed E-state index contributed by atoms with van der Waals surface area (Å²) in [6.45, 7) is 1.58. The Bertz CT molecular complexity index is 987. The quantitative estimate of drug-likeness (QED) is 0.636. The number of carbonyl (C=O) groups is 2. The van der Waals surface area contributed by atoms with Crippen molar-refractivity contribution in [1.82, 2.24) is 14.8 Å². The van der Waals surface area contributed by atoms with E-state index in [1.807, 2.05) is 30.1 Å². The number of rotatable bonds is 5. The lowest BCUT2D eigenvalue weighted by atomic mass is 9.96. The van der Waals surface area contributed by atoms with Crippen molar-refractivity contribution in [3.63, 3.8) is 0 Å². The second-order valence-electron chi connectivity index (χ2n) is 7.71. The van der Waals surface area contributed by atoms with Gasteiger partial charge in [-0.2, -0.15) is 0 Å². The van der Waals surface area contributed by atoms with E-state index in [4.69, 9.17) is 0 Å². The molecule has 1 fully saturated rings. The summed E-state index contributed by atoms with van der Waals surface area (Å²) in [7, 11) is 1.82. The van der Waals surface area contributed by atoms with Crippen LogP contribution in [0.25, 0.3) is 10.4 Å². The first-order chi connectivity index (χ1) is 14.6. The van der Waals surface area contributed by atoms with E-state index < -0.39 is 0 Å². The first-order valence-corrected chi connectivity index (χ1v) is 11.0. The van der Waals surface area contributed by atoms with Crippen molar-refractivity contribution in [2.75, 3.05) is 26.7 Å². The molecule has 2 aromatic heterocycles. The molecule has 0 N–H and O–H groups in total. The summed E-state index contributed by atoms with van der Waals surface area (Å²) in [4.78, 5) is 34.7. The van der Waals surface area contributed by atoms with Gasteiger partial charge in [-0.1, -0.05) is 36.4 Å². The summed E-state index contributed by atoms with van der Waals surface area (Å²) in [6, 6.07) is 16.3. The average molecular weight is 420 g/mol. The predicted octanol–water partition coefficient (Wildman–Crippen LogP) is 3.51. The second-order valence-corrected chi connectivity index (χ2v) is 8.66. The number of aromatic nitrogens is 1. The van der Waals surface area contributed by atoms with Crippen molar-refractivity contribution in [1.29, 1.82) is 0 Å². The fourth-order valence-electron chi connectivity index (χ4n) is 3.83. The molecule has 3 aromatic rings. The number of benzene rings is 1. The topological polar surface area (TPSA) is 53.5 Å². The highest BCUT2D eigenvalue weighted by Crippen LogP contribution is 2.26. The number of pyridine rings is 1. The van der Waals surface area contributed by atoms with Gasteiger partial charge in [-0.25, -0.2) is 0 Å². The first-order valence-electron chi connectivity index (χ1n) is 10.1. The van der Waals surface area contributed by atoms with Gasteiger partial charge in [0.25, 0.3) is 0 Å². The zero-order chi connectivity index (χ0) is 20.9. The predicted molar refractivity (Wildman–Crippen MR) is 119 cm³/mol. The molecule has 154 valence electrons. The normalized spacial score (nSPS) is 17.1. The lowest BCUT2D eigenvalue weighted by molar-refractivity contribution is -0.133. The summed E-state index contributed by atoms with van der Waals surface area (Å²) in [5.41, 5.74) is 3.20. The standard InChI is InChI=1S/C24H25N3O2S/c1-26-11-12-27(23(28)15-19-4-2-10-25-16-19)17-21(24(26)29)14-18-6-8-20(9-7-18)22-5-3-13-30-22/h2-10,13,16,21H,11-12,14-15,17H2,1H3/t21-/m0/s1. The molecule has 1 aliphatic rings. The van der Waals surface area contributed by atoms with E-state index >= 15 is 0 Å². The largest absolute Gasteiger partial charge is 0.344 e. The summed E-state index contributed by atoms with van der Waals surface area (Å²) in [5, 5.41) is 2.07. The Hall–Kier alpha value is -2.99. The molecule has 0 saturated carbocycles. The number of hydrogen-bond acceptors (Lipinski definition) is 4. The molecule has 1 aromatic carbocycles. The van der Waals surface area contributed by atoms with Gasteiger partial charge in [0.05, 0.1) is 12.3 Å². The fraction of sp³-hybridized carbons (Fsp3) is 0.292. The third kappa shape index (κ3) is 4.76. The van der Waals surface area contributed by atoms with Crippen LogP contribution >= 0.6 is 11.3 Å². The molecular formula is C24H25N3O2S. The molecule has 1 saturated heterocycles. The summed E-state index contributed by atoms with van der Waals surface area (Å²) < 4.78 is 0. The Kier molecular flexibility index (Phi) is 6.23. The molecule has 2 amide bonds. The lowest BCUT2D eigenvalue weighted by Gasteiger charge is -2.23. The Labute approximate surface area is 181 Å². The maximum absolute atomic E-state index is 12.9. The Balaban J connectivity index is 1.46. The third-order valence-electron chi connectivity index (χ3n) is 5.54. The minimum atomic E-state index is -0.233. The molecular weight excluding hydrogens is 394 g/mol. The summed E-state index contributed by atoms with van der Waals surface area (Å²) >= 11 is 1.72. The SMILES string of the molecule is CN1CCN(C(=O)Cc2cccnc2)C[C@H](Cc2ccc(-c3cccs3)cc2)C1=O. The van der Waals surface area contributed by atoms with E-state index in [-0.39, 0.29) is 17.7 Å². The van der Waals surface area contributed by atoms with Gasteiger partial charge in [-0.3, -0.25) is 14.6 Å². The second kappa shape index (κ2) is 9.22. The van der Waals surface area contributed by atoms with Gasteiger partial charge in [-0.15, -0.1) is 11.3 Å². The number of likely N-dealkylation sites (N-methyl/N-ethyl adjacent to an activating group) is 1. The van der Waals surface area contributed by atoms with Gasteiger partial charge in [0.1, 0.15) is 0 Å². The van der Waals surface area contributed by atoms with Crippen LogP contribution in [0.1, 0.15) is 11.1 Å². The van der Waals surface area contributed by atoms with Gasteiger partial charge in [-0.05, 0) is 40.6 Å². The van der Waals surface area contributed by atoms with Crippen LogP contribution < -0.4 is 0 Å². The highest BCUT2D eigenvalue weighted by Gasteiger charge is 2.30. The molecule has 0 aliphatic carbocycles. The van der Waals surface area contributed by atoms with Crippen molar-refractivity contribution in [2.45, 2.75) is 12.8 Å². The lowest BCUT2D eigenvalue weighted by Crippen LogP contribution is -2.38. The molecule has 0 unspecified atom stereocenters. The van der Waals surface area contributed by atoms with Crippen molar-refractivity contribution in [2.24, 2.45) is 5.92 Å². The van der Waals surface area contributed by atoms with Crippen LogP contribution in [0.15, 0.2) is 66.3 Å². The van der Waals surface area contributed by atoms with Crippen LogP contribution in [-0.4, -0.2) is 53.3 Å². The molecule has 3 heterocycles. The Morgan fingerprint density at radius 2 is 1.93 bits per heavy atom. The van der Waals surface area contributed by atoms with E-state index in [1.165, 1.54) is 10.4 Å². The van der Waals surface area contributed by atoms with Crippen molar-refractivity contribution in [3.05, 3.63) is 77.4 Å². The number of amides is 2. The minimum Gasteiger partial charge on any atom is -0.344 e. The highest BCUT2D eigenvalue weighted by molar-refractivity contribution is 7.13. The smallest absolute Gasteiger partial charge is 0.227 e. The summed E-state index contributed by atoms with van der Waals surface area (Å²) in [5.74, 6) is -0.0823. The molecule has 4 rings (SSSR count). The molecule has 0 radical (unpaired) electrons. The maximum atomic E-state index is 12.9. The minimum absolute atomic E-state index is 0.0455. The number of hydrogen-bond donors (Lipinski definition) is 0. The third-order valence-corrected chi connectivity index (χ3v) is 6.46. The van der Waals surface area contributed by atoms with Gasteiger partial charge in [0.15, 0.2) is 0 Å². The van der Waals surface area contributed by atoms with Crippen LogP contribution in [-0.2, 0) is 22.4 Å². The Morgan fingerprint density at radius 3 is 2.63 bits per heavy atom. The van der Waals surface area contributed by atoms with E-state index in [9.17, 15) is 9.59 Å². The monoisotopic (exact) mass is 419 g/mol. The molecule has 5 nitrogen and oxygen atoms in total. The molecule has 0 bridgehead atoms. The Morgan fingerprint density at radius 1 is 1.10 bits per heavy atom. The zero-order valence-electron chi connectivity index (χ0n) is 17.0. The number of nitrogens with zero attached hydrogens (tertiary/aromatic N) is 3. The van der Waals surface area contributed by atoms with Crippen LogP contribution in [0.5, 0.6) is 0 Å². The maximum Gasteiger partial charge on any atom is 0.227 e. The molecule has 30 heavy (non-hydrogen) atoms. The molecule has 6 heteroatoms. The number of thiophene rings is 1. The molecule has 1 atom stereocenters. The van der Waals surface area contributed by atoms with E-state index in [0.717, 1.165) is 11.1 Å². The van der Waals surface area contributed by atoms with Crippen molar-refractivity contribution in [3.8, 4) is 10.4 Å². The van der Waals surface area contributed by atoms with Crippen LogP contribution in [0.3, 0.4) is 0 Å². The zero-order valence-corrected chi connectivity index (χ0v) is 17.8. The molecule has 1 aliphatic heterocycles. The van der Waals surface area contributed by atoms with E-state index in [1.54, 1.807) is 28.6 Å². The van der Waals surface area contributed by atoms with Crippen LogP contribution in [0.4, 0.5) is 0 Å². The van der Waals surface area contributed by atoms with Gasteiger partial charge < -0.3 is 9.80 Å². The van der Waals surface area contributed by atoms with Gasteiger partial charge in [0.2, 0.25) is 11.8 Å². The van der Waals surface area contributed by atoms with Crippen molar-refractivity contribution < 1.29 is 9.59 Å². The van der Waals surface area contributed by atoms with E-state index in [0.29, 0.717) is 32.5 Å². The average Bonchev–Trinajstić information content (AvgIpc) is 3.26. The van der Waals surface area contributed by atoms with Gasteiger partial charge >= 0.3 is 0 Å².